The Balaban J connectivity index is 3.91. The number of aliphatic hydroxyl groups is 1. The van der Waals surface area contributed by atoms with Gasteiger partial charge in [0.2, 0.25) is 5.91 Å². The zero-order chi connectivity index (χ0) is 15.4. The van der Waals surface area contributed by atoms with Gasteiger partial charge in [-0.1, -0.05) is 0 Å². The third-order valence-corrected chi connectivity index (χ3v) is 2.46. The summed E-state index contributed by atoms with van der Waals surface area (Å²) in [6, 6.07) is -0.345. The number of ketones is 1. The second kappa shape index (κ2) is 11.8. The highest BCUT2D eigenvalue weighted by Gasteiger charge is 2.16. The fourth-order valence-corrected chi connectivity index (χ4v) is 1.60. The highest BCUT2D eigenvalue weighted by atomic mass is 16.5. The van der Waals surface area contributed by atoms with Crippen LogP contribution >= 0.6 is 0 Å². The largest absolute Gasteiger partial charge is 0.394 e. The van der Waals surface area contributed by atoms with E-state index in [2.05, 4.69) is 0 Å². The Hall–Kier alpha value is -0.955. The summed E-state index contributed by atoms with van der Waals surface area (Å²) in [7, 11) is 1.75. The van der Waals surface area contributed by atoms with Crippen molar-refractivity contribution in [3.05, 3.63) is 0 Å². The second-order valence-corrected chi connectivity index (χ2v) is 4.50. The quantitative estimate of drug-likeness (QED) is 0.312. The molecule has 0 aliphatic heterocycles. The van der Waals surface area contributed by atoms with Gasteiger partial charge < -0.3 is 25.2 Å². The summed E-state index contributed by atoms with van der Waals surface area (Å²) < 4.78 is 10.3. The van der Waals surface area contributed by atoms with E-state index >= 15 is 0 Å². The summed E-state index contributed by atoms with van der Waals surface area (Å²) in [4.78, 5) is 24.2. The fourth-order valence-electron chi connectivity index (χ4n) is 1.60. The number of Topliss-reactive ketones (excluding diaryl/α,β-unsaturated/α-hetero) is 1. The van der Waals surface area contributed by atoms with E-state index in [9.17, 15) is 9.59 Å². The Morgan fingerprint density at radius 2 is 1.95 bits per heavy atom. The van der Waals surface area contributed by atoms with Crippen LogP contribution in [0.5, 0.6) is 0 Å². The van der Waals surface area contributed by atoms with E-state index in [0.29, 0.717) is 26.1 Å². The van der Waals surface area contributed by atoms with E-state index in [1.54, 1.807) is 7.85 Å². The van der Waals surface area contributed by atoms with Crippen LogP contribution in [-0.2, 0) is 19.1 Å². The molecule has 0 aromatic rings. The van der Waals surface area contributed by atoms with Gasteiger partial charge in [-0.3, -0.25) is 9.59 Å². The van der Waals surface area contributed by atoms with Crippen molar-refractivity contribution in [2.45, 2.75) is 19.3 Å². The Bertz CT molecular complexity index is 291. The van der Waals surface area contributed by atoms with Crippen molar-refractivity contribution < 1.29 is 24.2 Å². The Kier molecular flexibility index (Phi) is 11.3. The average molecular weight is 288 g/mol. The maximum atomic E-state index is 11.7. The van der Waals surface area contributed by atoms with Gasteiger partial charge in [0.05, 0.1) is 39.6 Å². The number of ether oxygens (including phenoxy) is 2. The molecule has 20 heavy (non-hydrogen) atoms. The molecule has 3 N–H and O–H groups in total. The summed E-state index contributed by atoms with van der Waals surface area (Å²) in [5.41, 5.74) is 5.87. The maximum Gasteiger partial charge on any atom is 0.215 e. The number of nitrogens with zero attached hydrogens (tertiary/aromatic N) is 1. The van der Waals surface area contributed by atoms with Crippen LogP contribution in [0.4, 0.5) is 0 Å². The third kappa shape index (κ3) is 9.91. The van der Waals surface area contributed by atoms with Gasteiger partial charge in [0.15, 0.2) is 0 Å². The average Bonchev–Trinajstić information content (AvgIpc) is 2.40. The molecule has 0 saturated carbocycles. The smallest absolute Gasteiger partial charge is 0.215 e. The molecule has 0 aliphatic carbocycles. The Morgan fingerprint density at radius 1 is 1.30 bits per heavy atom. The van der Waals surface area contributed by atoms with Crippen molar-refractivity contribution in [3.8, 4) is 0 Å². The molecule has 0 aromatic carbocycles. The number of aliphatic hydroxyl groups excluding tert-OH is 1. The van der Waals surface area contributed by atoms with Crippen LogP contribution in [0.2, 0.25) is 6.32 Å². The lowest BCUT2D eigenvalue weighted by Gasteiger charge is -2.24. The highest BCUT2D eigenvalue weighted by Crippen LogP contribution is 1.97. The topological polar surface area (TPSA) is 102 Å². The Labute approximate surface area is 120 Å². The number of rotatable bonds is 12. The monoisotopic (exact) mass is 288 g/mol. The minimum absolute atomic E-state index is 0.0152. The van der Waals surface area contributed by atoms with Crippen LogP contribution in [0.1, 0.15) is 6.92 Å². The third-order valence-electron chi connectivity index (χ3n) is 2.46. The molecular formula is C12H25BN2O5. The summed E-state index contributed by atoms with van der Waals surface area (Å²) in [5.74, 6) is -0.167. The van der Waals surface area contributed by atoms with Crippen LogP contribution in [0.15, 0.2) is 0 Å². The molecule has 0 fully saturated rings. The molecule has 8 heteroatoms. The maximum absolute atomic E-state index is 11.7. The predicted molar refractivity (Wildman–Crippen MR) is 77.3 cm³/mol. The molecule has 0 aromatic heterocycles. The van der Waals surface area contributed by atoms with Gasteiger partial charge in [-0.05, 0) is 13.2 Å². The minimum Gasteiger partial charge on any atom is -0.394 e. The molecule has 0 bridgehead atoms. The van der Waals surface area contributed by atoms with E-state index in [4.69, 9.17) is 20.3 Å². The predicted octanol–water partition coefficient (Wildman–Crippen LogP) is -2.19. The SMILES string of the molecule is BCC(=O)N(CC(C)=O)C[C@@H](N)COCCOCCO. The first-order valence-corrected chi connectivity index (χ1v) is 6.80. The molecule has 7 nitrogen and oxygen atoms in total. The van der Waals surface area contributed by atoms with Crippen molar-refractivity contribution in [3.63, 3.8) is 0 Å². The number of amides is 1. The van der Waals surface area contributed by atoms with E-state index in [-0.39, 0.29) is 44.1 Å². The van der Waals surface area contributed by atoms with E-state index in [1.165, 1.54) is 11.8 Å². The molecule has 0 unspecified atom stereocenters. The molecular weight excluding hydrogens is 263 g/mol. The standard InChI is InChI=1S/C12H25BN2O5/c1-10(17)7-15(12(18)6-13)8-11(14)9-20-5-4-19-3-2-16/h11,16H,2-9,13-14H2,1H3/t11-/m1/s1. The molecule has 0 saturated heterocycles. The van der Waals surface area contributed by atoms with Gasteiger partial charge in [0.1, 0.15) is 13.6 Å². The molecule has 1 amide bonds. The number of carbonyl (C=O) groups excluding carboxylic acids is 2. The van der Waals surface area contributed by atoms with Gasteiger partial charge in [0, 0.05) is 12.6 Å². The van der Waals surface area contributed by atoms with Gasteiger partial charge in [-0.15, -0.1) is 0 Å². The van der Waals surface area contributed by atoms with E-state index in [1.807, 2.05) is 0 Å². The van der Waals surface area contributed by atoms with Crippen molar-refractivity contribution in [2.24, 2.45) is 5.73 Å². The van der Waals surface area contributed by atoms with Crippen molar-refractivity contribution in [2.75, 3.05) is 46.1 Å². The molecule has 116 valence electrons. The number of nitrogens with two attached hydrogens (primary N) is 1. The van der Waals surface area contributed by atoms with E-state index < -0.39 is 0 Å². The number of carbonyl (C=O) groups is 2. The van der Waals surface area contributed by atoms with Crippen LogP contribution in [0.25, 0.3) is 0 Å². The molecule has 0 radical (unpaired) electrons. The highest BCUT2D eigenvalue weighted by molar-refractivity contribution is 6.19. The lowest BCUT2D eigenvalue weighted by atomic mass is 10.0. The normalized spacial score (nSPS) is 12.2. The molecule has 0 heterocycles. The van der Waals surface area contributed by atoms with Gasteiger partial charge >= 0.3 is 0 Å². The minimum atomic E-state index is -0.345. The van der Waals surface area contributed by atoms with Crippen LogP contribution < -0.4 is 5.73 Å². The lowest BCUT2D eigenvalue weighted by molar-refractivity contribution is -0.133. The summed E-state index contributed by atoms with van der Waals surface area (Å²) in [5, 5.41) is 8.51. The molecule has 0 rings (SSSR count). The van der Waals surface area contributed by atoms with Crippen molar-refractivity contribution >= 4 is 19.5 Å². The van der Waals surface area contributed by atoms with Crippen LogP contribution in [0, 0.1) is 0 Å². The second-order valence-electron chi connectivity index (χ2n) is 4.50. The summed E-state index contributed by atoms with van der Waals surface area (Å²) in [6.07, 6.45) is 0.343. The van der Waals surface area contributed by atoms with Gasteiger partial charge in [-0.2, -0.15) is 0 Å². The number of hydrogen-bond donors (Lipinski definition) is 2. The molecule has 1 atom stereocenters. The molecule has 0 aliphatic rings. The van der Waals surface area contributed by atoms with Gasteiger partial charge in [0.25, 0.3) is 0 Å². The zero-order valence-corrected chi connectivity index (χ0v) is 12.3. The first-order valence-electron chi connectivity index (χ1n) is 6.80. The summed E-state index contributed by atoms with van der Waals surface area (Å²) in [6.45, 7) is 3.14. The van der Waals surface area contributed by atoms with Crippen molar-refractivity contribution in [1.29, 1.82) is 0 Å². The van der Waals surface area contributed by atoms with E-state index in [0.717, 1.165) is 0 Å². The Morgan fingerprint density at radius 3 is 2.50 bits per heavy atom. The summed E-state index contributed by atoms with van der Waals surface area (Å²) >= 11 is 0. The number of hydrogen-bond acceptors (Lipinski definition) is 6. The van der Waals surface area contributed by atoms with Gasteiger partial charge in [-0.25, -0.2) is 0 Å². The fraction of sp³-hybridized carbons (Fsp3) is 0.833. The van der Waals surface area contributed by atoms with Crippen LogP contribution in [0.3, 0.4) is 0 Å². The first kappa shape index (κ1) is 19.0. The van der Waals surface area contributed by atoms with Crippen LogP contribution in [-0.4, -0.2) is 81.7 Å². The lowest BCUT2D eigenvalue weighted by Crippen LogP contribution is -2.45. The molecule has 0 spiro atoms. The van der Waals surface area contributed by atoms with Crippen molar-refractivity contribution in [1.82, 2.24) is 4.90 Å². The zero-order valence-electron chi connectivity index (χ0n) is 12.3. The first-order chi connectivity index (χ1) is 9.51.